The summed E-state index contributed by atoms with van der Waals surface area (Å²) < 4.78 is 50.3. The van der Waals surface area contributed by atoms with Gasteiger partial charge in [-0.2, -0.15) is 13.2 Å². The zero-order chi connectivity index (χ0) is 26.6. The van der Waals surface area contributed by atoms with Crippen LogP contribution in [0.2, 0.25) is 0 Å². The monoisotopic (exact) mass is 520 g/mol. The number of pyridine rings is 1. The molecule has 0 saturated heterocycles. The van der Waals surface area contributed by atoms with Gasteiger partial charge in [-0.3, -0.25) is 0 Å². The molecule has 1 aromatic carbocycles. The first-order valence-electron chi connectivity index (χ1n) is 11.1. The Balaban J connectivity index is 1.70. The highest BCUT2D eigenvalue weighted by molar-refractivity contribution is 5.95. The van der Waals surface area contributed by atoms with E-state index in [1.807, 2.05) is 37.3 Å². The van der Waals surface area contributed by atoms with E-state index in [2.05, 4.69) is 20.1 Å². The van der Waals surface area contributed by atoms with E-state index in [-0.39, 0.29) is 37.8 Å². The van der Waals surface area contributed by atoms with Gasteiger partial charge in [-0.05, 0) is 17.2 Å². The second kappa shape index (κ2) is 10.8. The minimum atomic E-state index is -5.14. The second-order valence-electron chi connectivity index (χ2n) is 7.65. The Hall–Kier alpha value is -4.24. The van der Waals surface area contributed by atoms with Crippen molar-refractivity contribution in [3.63, 3.8) is 0 Å². The van der Waals surface area contributed by atoms with Crippen LogP contribution >= 0.6 is 0 Å². The van der Waals surface area contributed by atoms with Crippen molar-refractivity contribution >= 4 is 22.8 Å². The fourth-order valence-electron chi connectivity index (χ4n) is 3.64. The zero-order valence-corrected chi connectivity index (χ0v) is 19.6. The van der Waals surface area contributed by atoms with Crippen LogP contribution in [0, 0.1) is 0 Å². The third kappa shape index (κ3) is 5.46. The average Bonchev–Trinajstić information content (AvgIpc) is 3.47. The first kappa shape index (κ1) is 25.8. The number of rotatable bonds is 10. The van der Waals surface area contributed by atoms with E-state index in [4.69, 9.17) is 25.8 Å². The molecule has 0 spiro atoms. The van der Waals surface area contributed by atoms with Crippen molar-refractivity contribution in [2.24, 2.45) is 5.73 Å². The van der Waals surface area contributed by atoms with Crippen molar-refractivity contribution in [2.75, 3.05) is 32.0 Å². The molecule has 0 unspecified atom stereocenters. The molecule has 37 heavy (non-hydrogen) atoms. The Morgan fingerprint density at radius 2 is 1.92 bits per heavy atom. The van der Waals surface area contributed by atoms with Crippen LogP contribution in [0.4, 0.5) is 19.0 Å². The van der Waals surface area contributed by atoms with Gasteiger partial charge < -0.3 is 25.6 Å². The number of fused-ring (bicyclic) bond motifs is 1. The van der Waals surface area contributed by atoms with E-state index in [0.29, 0.717) is 34.8 Å². The number of nitrogen functional groups attached to an aromatic ring is 1. The molecule has 4 rings (SSSR count). The van der Waals surface area contributed by atoms with Gasteiger partial charge >= 0.3 is 12.1 Å². The third-order valence-corrected chi connectivity index (χ3v) is 5.25. The summed E-state index contributed by atoms with van der Waals surface area (Å²) in [5.74, 6) is -1.63. The molecule has 3 aromatic heterocycles. The molecule has 4 N–H and O–H groups in total. The highest BCUT2D eigenvalue weighted by Gasteiger charge is 2.42. The third-order valence-electron chi connectivity index (χ3n) is 5.25. The summed E-state index contributed by atoms with van der Waals surface area (Å²) in [4.78, 5) is 24.9. The summed E-state index contributed by atoms with van der Waals surface area (Å²) in [6.45, 7) is 1.80. The molecule has 3 heterocycles. The molecular formula is C22H23F3N8O4. The second-order valence-corrected chi connectivity index (χ2v) is 7.65. The number of benzene rings is 1. The highest BCUT2D eigenvalue weighted by Crippen LogP contribution is 2.36. The molecule has 15 heteroatoms. The number of anilines is 1. The van der Waals surface area contributed by atoms with Gasteiger partial charge in [0.05, 0.1) is 18.4 Å². The van der Waals surface area contributed by atoms with Crippen LogP contribution < -0.4 is 16.2 Å². The number of hydroxylamine groups is 2. The minimum Gasteiger partial charge on any atom is -0.488 e. The fraction of sp³-hybridized carbons (Fsp3) is 0.318. The number of carbonyl (C=O) groups excluding carboxylic acids is 1. The fourth-order valence-corrected chi connectivity index (χ4v) is 3.64. The Kier molecular flexibility index (Phi) is 7.54. The van der Waals surface area contributed by atoms with Crippen molar-refractivity contribution < 1.29 is 32.2 Å². The van der Waals surface area contributed by atoms with Gasteiger partial charge in [0.1, 0.15) is 17.6 Å². The maximum absolute atomic E-state index is 12.6. The number of nitrogens with zero attached hydrogens (tertiary/aromatic N) is 6. The molecule has 4 aromatic rings. The molecule has 0 aliphatic rings. The summed E-state index contributed by atoms with van der Waals surface area (Å²) in [6.07, 6.45) is -3.65. The highest BCUT2D eigenvalue weighted by atomic mass is 19.4. The lowest BCUT2D eigenvalue weighted by atomic mass is 10.1. The van der Waals surface area contributed by atoms with E-state index < -0.39 is 12.1 Å². The lowest BCUT2D eigenvalue weighted by molar-refractivity contribution is -0.238. The summed E-state index contributed by atoms with van der Waals surface area (Å²) in [5, 5.41) is 8.28. The number of alkyl halides is 3. The quantitative estimate of drug-likeness (QED) is 0.296. The van der Waals surface area contributed by atoms with Gasteiger partial charge in [-0.25, -0.2) is 19.4 Å². The van der Waals surface area contributed by atoms with Gasteiger partial charge in [0.25, 0.3) is 0 Å². The van der Waals surface area contributed by atoms with E-state index >= 15 is 0 Å². The molecule has 0 aliphatic heterocycles. The van der Waals surface area contributed by atoms with Crippen LogP contribution in [-0.2, 0) is 16.2 Å². The molecule has 0 bridgehead atoms. The number of halogens is 3. The van der Waals surface area contributed by atoms with Crippen molar-refractivity contribution in [1.29, 1.82) is 0 Å². The van der Waals surface area contributed by atoms with Crippen molar-refractivity contribution in [3.05, 3.63) is 36.5 Å². The largest absolute Gasteiger partial charge is 0.492 e. The van der Waals surface area contributed by atoms with Crippen LogP contribution in [0.15, 0.2) is 41.2 Å². The van der Waals surface area contributed by atoms with Gasteiger partial charge in [-0.1, -0.05) is 30.3 Å². The minimum absolute atomic E-state index is 0.0398. The summed E-state index contributed by atoms with van der Waals surface area (Å²) >= 11 is 0. The van der Waals surface area contributed by atoms with Crippen molar-refractivity contribution in [2.45, 2.75) is 19.6 Å². The smallest absolute Gasteiger partial charge is 0.488 e. The van der Waals surface area contributed by atoms with Crippen LogP contribution in [0.3, 0.4) is 0 Å². The topological polar surface area (TPSA) is 160 Å². The van der Waals surface area contributed by atoms with Gasteiger partial charge in [0, 0.05) is 25.2 Å². The molecule has 0 aliphatic carbocycles. The zero-order valence-electron chi connectivity index (χ0n) is 19.6. The predicted molar refractivity (Wildman–Crippen MR) is 125 cm³/mol. The lowest BCUT2D eigenvalue weighted by Crippen LogP contribution is -2.39. The summed E-state index contributed by atoms with van der Waals surface area (Å²) in [5.41, 5.74) is 14.0. The molecule has 196 valence electrons. The summed E-state index contributed by atoms with van der Waals surface area (Å²) in [6, 6.07) is 9.34. The predicted octanol–water partition coefficient (Wildman–Crippen LogP) is 2.41. The molecular weight excluding hydrogens is 497 g/mol. The molecule has 0 saturated carbocycles. The summed E-state index contributed by atoms with van der Waals surface area (Å²) in [7, 11) is 0. The van der Waals surface area contributed by atoms with E-state index in [9.17, 15) is 18.0 Å². The average molecular weight is 520 g/mol. The van der Waals surface area contributed by atoms with E-state index in [1.165, 1.54) is 6.20 Å². The van der Waals surface area contributed by atoms with Crippen molar-refractivity contribution in [3.8, 4) is 28.5 Å². The number of aromatic nitrogens is 5. The molecule has 0 fully saturated rings. The Labute approximate surface area is 207 Å². The molecule has 12 nitrogen and oxygen atoms in total. The normalized spacial score (nSPS) is 11.8. The standard InChI is InChI=1S/C22H23F3N8O4/c1-2-33-18-14(35-11-10-32(9-8-26)36-21(34)22(23,24)25)12-28-15(13-6-4-3-5-7-13)16(18)29-20(33)17-19(27)31-37-30-17/h3-7,12H,2,8-11,26H2,1H3,(H2,27,31). The van der Waals surface area contributed by atoms with Gasteiger partial charge in [0.2, 0.25) is 0 Å². The van der Waals surface area contributed by atoms with E-state index in [0.717, 1.165) is 10.6 Å². The van der Waals surface area contributed by atoms with Crippen LogP contribution in [-0.4, -0.2) is 68.3 Å². The number of imidazole rings is 1. The van der Waals surface area contributed by atoms with Gasteiger partial charge in [0.15, 0.2) is 23.1 Å². The maximum atomic E-state index is 12.6. The van der Waals surface area contributed by atoms with E-state index in [1.54, 1.807) is 4.57 Å². The molecule has 0 radical (unpaired) electrons. The number of nitrogens with two attached hydrogens (primary N) is 2. The SMILES string of the molecule is CCn1c(-c2nonc2N)nc2c(-c3ccccc3)ncc(OCCN(CCN)OC(=O)C(F)(F)F)c21. The Morgan fingerprint density at radius 1 is 1.16 bits per heavy atom. The first-order valence-corrected chi connectivity index (χ1v) is 11.1. The number of aryl methyl sites for hydroxylation is 1. The number of ether oxygens (including phenoxy) is 1. The molecule has 0 atom stereocenters. The Bertz CT molecular complexity index is 1370. The number of hydrogen-bond acceptors (Lipinski definition) is 11. The maximum Gasteiger partial charge on any atom is 0.492 e. The van der Waals surface area contributed by atoms with Crippen molar-refractivity contribution in [1.82, 2.24) is 29.9 Å². The van der Waals surface area contributed by atoms with Crippen LogP contribution in [0.5, 0.6) is 5.75 Å². The van der Waals surface area contributed by atoms with Crippen LogP contribution in [0.1, 0.15) is 6.92 Å². The lowest BCUT2D eigenvalue weighted by Gasteiger charge is -2.21. The Morgan fingerprint density at radius 3 is 2.54 bits per heavy atom. The van der Waals surface area contributed by atoms with Gasteiger partial charge in [-0.15, -0.1) is 5.06 Å². The molecule has 0 amide bonds. The van der Waals surface area contributed by atoms with Crippen LogP contribution in [0.25, 0.3) is 33.8 Å². The number of carbonyl (C=O) groups is 1. The number of hydrogen-bond donors (Lipinski definition) is 2. The first-order chi connectivity index (χ1) is 17.7.